The number of hydrogen-bond donors (Lipinski definition) is 0. The van der Waals surface area contributed by atoms with Crippen molar-refractivity contribution in [3.63, 3.8) is 0 Å². The van der Waals surface area contributed by atoms with Crippen molar-refractivity contribution in [1.29, 1.82) is 0 Å². The van der Waals surface area contributed by atoms with Gasteiger partial charge in [0.1, 0.15) is 12.2 Å². The predicted molar refractivity (Wildman–Crippen MR) is 92.0 cm³/mol. The number of hydrogen-bond acceptors (Lipinski definition) is 4. The van der Waals surface area contributed by atoms with Gasteiger partial charge in [-0.05, 0) is 43.7 Å². The van der Waals surface area contributed by atoms with E-state index in [1.165, 1.54) is 6.08 Å². The Hall–Kier alpha value is -2.17. The Morgan fingerprint density at radius 3 is 2.36 bits per heavy atom. The first kappa shape index (κ1) is 19.2. The van der Waals surface area contributed by atoms with Crippen LogP contribution in [0.1, 0.15) is 40.2 Å². The van der Waals surface area contributed by atoms with Crippen molar-refractivity contribution in [2.45, 2.75) is 46.8 Å². The minimum Gasteiger partial charge on any atom is -0.461 e. The van der Waals surface area contributed by atoms with Crippen LogP contribution in [0.2, 0.25) is 0 Å². The monoisotopic (exact) mass is 348 g/mol. The first-order valence-corrected chi connectivity index (χ1v) is 8.33. The van der Waals surface area contributed by atoms with Gasteiger partial charge >= 0.3 is 11.9 Å². The maximum atomic E-state index is 14.1. The summed E-state index contributed by atoms with van der Waals surface area (Å²) in [6, 6.07) is 9.35. The van der Waals surface area contributed by atoms with E-state index in [1.807, 2.05) is 44.2 Å². The molecule has 25 heavy (non-hydrogen) atoms. The standard InChI is InChI=1S/C20H25FO4/c1-19(2,3)25-17(22)15(21)11-14-16(20(14,4)5)18(23)24-12-13-9-7-6-8-10-13/h6-11,14,16H,12H2,1-5H3/b15-11-/t14-,16-/m0/s1. The molecule has 1 aliphatic rings. The van der Waals surface area contributed by atoms with Gasteiger partial charge in [-0.25, -0.2) is 4.79 Å². The summed E-state index contributed by atoms with van der Waals surface area (Å²) in [5.41, 5.74) is -0.330. The van der Waals surface area contributed by atoms with E-state index in [9.17, 15) is 14.0 Å². The third-order valence-electron chi connectivity index (χ3n) is 4.31. The molecular weight excluding hydrogens is 323 g/mol. The summed E-state index contributed by atoms with van der Waals surface area (Å²) in [4.78, 5) is 24.0. The zero-order valence-electron chi connectivity index (χ0n) is 15.3. The van der Waals surface area contributed by atoms with E-state index in [4.69, 9.17) is 9.47 Å². The number of carbonyl (C=O) groups is 2. The van der Waals surface area contributed by atoms with E-state index in [2.05, 4.69) is 0 Å². The van der Waals surface area contributed by atoms with Crippen LogP contribution in [0.4, 0.5) is 4.39 Å². The van der Waals surface area contributed by atoms with Crippen molar-refractivity contribution in [3.8, 4) is 0 Å². The molecule has 2 rings (SSSR count). The third-order valence-corrected chi connectivity index (χ3v) is 4.31. The number of halogens is 1. The van der Waals surface area contributed by atoms with Crippen molar-refractivity contribution < 1.29 is 23.5 Å². The molecule has 136 valence electrons. The van der Waals surface area contributed by atoms with Crippen LogP contribution in [0, 0.1) is 17.3 Å². The average Bonchev–Trinajstić information content (AvgIpc) is 3.05. The summed E-state index contributed by atoms with van der Waals surface area (Å²) in [7, 11) is 0. The minimum atomic E-state index is -1.01. The van der Waals surface area contributed by atoms with E-state index in [1.54, 1.807) is 20.8 Å². The van der Waals surface area contributed by atoms with Crippen LogP contribution >= 0.6 is 0 Å². The Morgan fingerprint density at radius 1 is 1.20 bits per heavy atom. The maximum absolute atomic E-state index is 14.1. The fourth-order valence-electron chi connectivity index (χ4n) is 2.81. The van der Waals surface area contributed by atoms with Crippen LogP contribution < -0.4 is 0 Å². The van der Waals surface area contributed by atoms with Gasteiger partial charge in [0.2, 0.25) is 5.83 Å². The number of rotatable bonds is 5. The Bertz CT molecular complexity index is 671. The molecule has 0 aromatic heterocycles. The Balaban J connectivity index is 1.97. The second kappa shape index (κ2) is 6.98. The van der Waals surface area contributed by atoms with Gasteiger partial charge in [0.25, 0.3) is 0 Å². The molecule has 1 saturated carbocycles. The number of ether oxygens (including phenoxy) is 2. The Labute approximate surface area is 148 Å². The summed E-state index contributed by atoms with van der Waals surface area (Å²) in [6.45, 7) is 8.89. The summed E-state index contributed by atoms with van der Waals surface area (Å²) >= 11 is 0. The summed E-state index contributed by atoms with van der Waals surface area (Å²) in [5, 5.41) is 0. The largest absolute Gasteiger partial charge is 0.461 e. The quantitative estimate of drug-likeness (QED) is 0.591. The predicted octanol–water partition coefficient (Wildman–Crippen LogP) is 4.20. The number of carbonyl (C=O) groups excluding carboxylic acids is 2. The van der Waals surface area contributed by atoms with Gasteiger partial charge in [-0.1, -0.05) is 44.2 Å². The highest BCUT2D eigenvalue weighted by Gasteiger charge is 2.62. The van der Waals surface area contributed by atoms with Gasteiger partial charge in [0.15, 0.2) is 0 Å². The summed E-state index contributed by atoms with van der Waals surface area (Å²) in [6.07, 6.45) is 1.18. The molecule has 0 saturated heterocycles. The molecule has 0 bridgehead atoms. The SMILES string of the molecule is CC(C)(C)OC(=O)/C(F)=C/[C@H]1[C@@H](C(=O)OCc2ccccc2)C1(C)C. The lowest BCUT2D eigenvalue weighted by atomic mass is 10.1. The van der Waals surface area contributed by atoms with Crippen molar-refractivity contribution in [2.24, 2.45) is 17.3 Å². The average molecular weight is 348 g/mol. The highest BCUT2D eigenvalue weighted by molar-refractivity contribution is 5.87. The van der Waals surface area contributed by atoms with E-state index >= 15 is 0 Å². The van der Waals surface area contributed by atoms with Gasteiger partial charge in [-0.3, -0.25) is 4.79 Å². The molecule has 0 N–H and O–H groups in total. The van der Waals surface area contributed by atoms with Crippen LogP contribution in [-0.2, 0) is 25.7 Å². The van der Waals surface area contributed by atoms with Gasteiger partial charge in [-0.2, -0.15) is 4.39 Å². The molecule has 0 heterocycles. The summed E-state index contributed by atoms with van der Waals surface area (Å²) in [5.74, 6) is -3.21. The molecule has 0 aliphatic heterocycles. The van der Waals surface area contributed by atoms with Crippen molar-refractivity contribution in [1.82, 2.24) is 0 Å². The Kier molecular flexibility index (Phi) is 5.35. The maximum Gasteiger partial charge on any atom is 0.367 e. The lowest BCUT2D eigenvalue weighted by Gasteiger charge is -2.18. The molecule has 1 aromatic carbocycles. The second-order valence-corrected chi connectivity index (χ2v) is 7.93. The van der Waals surface area contributed by atoms with Crippen molar-refractivity contribution in [2.75, 3.05) is 0 Å². The minimum absolute atomic E-state index is 0.178. The van der Waals surface area contributed by atoms with Crippen molar-refractivity contribution in [3.05, 3.63) is 47.8 Å². The topological polar surface area (TPSA) is 52.6 Å². The van der Waals surface area contributed by atoms with Crippen LogP contribution in [0.5, 0.6) is 0 Å². The van der Waals surface area contributed by atoms with Crippen LogP contribution in [0.3, 0.4) is 0 Å². The molecule has 0 amide bonds. The number of allylic oxidation sites excluding steroid dienone is 1. The van der Waals surface area contributed by atoms with E-state index < -0.39 is 28.7 Å². The van der Waals surface area contributed by atoms with Crippen LogP contribution in [0.25, 0.3) is 0 Å². The fourth-order valence-corrected chi connectivity index (χ4v) is 2.81. The van der Waals surface area contributed by atoms with Gasteiger partial charge < -0.3 is 9.47 Å². The molecule has 0 unspecified atom stereocenters. The van der Waals surface area contributed by atoms with Crippen LogP contribution in [0.15, 0.2) is 42.2 Å². The zero-order chi connectivity index (χ0) is 18.8. The number of esters is 2. The van der Waals surface area contributed by atoms with Gasteiger partial charge in [0, 0.05) is 0 Å². The highest BCUT2D eigenvalue weighted by Crippen LogP contribution is 2.60. The summed E-state index contributed by atoms with van der Waals surface area (Å²) < 4.78 is 24.4. The van der Waals surface area contributed by atoms with Crippen molar-refractivity contribution >= 4 is 11.9 Å². The lowest BCUT2D eigenvalue weighted by molar-refractivity contribution is -0.152. The lowest BCUT2D eigenvalue weighted by Crippen LogP contribution is -2.24. The molecule has 1 aliphatic carbocycles. The van der Waals surface area contributed by atoms with E-state index in [-0.39, 0.29) is 18.5 Å². The molecule has 0 radical (unpaired) electrons. The van der Waals surface area contributed by atoms with Gasteiger partial charge in [-0.15, -0.1) is 0 Å². The molecule has 1 fully saturated rings. The first-order chi connectivity index (χ1) is 11.5. The molecule has 2 atom stereocenters. The van der Waals surface area contributed by atoms with Crippen LogP contribution in [-0.4, -0.2) is 17.5 Å². The fraction of sp³-hybridized carbons (Fsp3) is 0.500. The molecule has 5 heteroatoms. The second-order valence-electron chi connectivity index (χ2n) is 7.93. The molecule has 4 nitrogen and oxygen atoms in total. The Morgan fingerprint density at radius 2 is 1.80 bits per heavy atom. The number of benzene rings is 1. The third kappa shape index (κ3) is 4.91. The van der Waals surface area contributed by atoms with Gasteiger partial charge in [0.05, 0.1) is 5.92 Å². The zero-order valence-corrected chi connectivity index (χ0v) is 15.3. The van der Waals surface area contributed by atoms with E-state index in [0.717, 1.165) is 5.56 Å². The highest BCUT2D eigenvalue weighted by atomic mass is 19.1. The van der Waals surface area contributed by atoms with E-state index in [0.29, 0.717) is 0 Å². The normalized spacial score (nSPS) is 22.2. The smallest absolute Gasteiger partial charge is 0.367 e. The molecule has 1 aromatic rings. The first-order valence-electron chi connectivity index (χ1n) is 8.33. The molecular formula is C20H25FO4. The molecule has 0 spiro atoms.